The molecule has 0 saturated heterocycles. The number of nitrogens with one attached hydrogen (secondary N) is 2. The molecular formula is C31H26F3N3O2. The molecule has 4 aromatic rings. The zero-order valence-electron chi connectivity index (χ0n) is 21.2. The number of halogens is 3. The van der Waals surface area contributed by atoms with Gasteiger partial charge in [0.15, 0.2) is 0 Å². The van der Waals surface area contributed by atoms with Crippen LogP contribution in [0, 0.1) is 0 Å². The highest BCUT2D eigenvalue weighted by Gasteiger charge is 2.30. The number of alkyl halides is 3. The standard InChI is InChI=1S/C31H26F3N3O2/c1-20(38)35-25-5-4-6-27(18-25)37-16-15-22-17-26(14-11-23(22)19-37)36-30(39)29-8-3-2-7-28(29)21-9-12-24(13-10-21)31(32,33)34/h2-14,17-18H,15-16,19H2,1H3,(H,35,38)(H,36,39). The molecule has 0 atom stereocenters. The molecule has 0 bridgehead atoms. The predicted molar refractivity (Wildman–Crippen MR) is 147 cm³/mol. The molecule has 5 nitrogen and oxygen atoms in total. The average molecular weight is 530 g/mol. The highest BCUT2D eigenvalue weighted by atomic mass is 19.4. The molecule has 0 radical (unpaired) electrons. The summed E-state index contributed by atoms with van der Waals surface area (Å²) in [7, 11) is 0. The molecule has 1 aliphatic heterocycles. The Labute approximate surface area is 224 Å². The zero-order chi connectivity index (χ0) is 27.6. The summed E-state index contributed by atoms with van der Waals surface area (Å²) in [6.07, 6.45) is -3.64. The van der Waals surface area contributed by atoms with E-state index < -0.39 is 11.7 Å². The van der Waals surface area contributed by atoms with Crippen molar-refractivity contribution >= 4 is 28.9 Å². The number of carbonyl (C=O) groups is 2. The minimum absolute atomic E-state index is 0.118. The number of amides is 2. The molecule has 4 aromatic carbocycles. The van der Waals surface area contributed by atoms with E-state index in [9.17, 15) is 22.8 Å². The topological polar surface area (TPSA) is 61.4 Å². The molecule has 5 rings (SSSR count). The Balaban J connectivity index is 1.31. The first-order chi connectivity index (χ1) is 18.7. The van der Waals surface area contributed by atoms with Crippen LogP contribution in [-0.2, 0) is 23.9 Å². The van der Waals surface area contributed by atoms with E-state index in [2.05, 4.69) is 15.5 Å². The van der Waals surface area contributed by atoms with Crippen LogP contribution in [0.2, 0.25) is 0 Å². The van der Waals surface area contributed by atoms with Crippen LogP contribution in [0.4, 0.5) is 30.2 Å². The van der Waals surface area contributed by atoms with Crippen LogP contribution in [0.15, 0.2) is 91.0 Å². The van der Waals surface area contributed by atoms with Gasteiger partial charge in [0.2, 0.25) is 5.91 Å². The van der Waals surface area contributed by atoms with Crippen molar-refractivity contribution in [2.45, 2.75) is 26.1 Å². The van der Waals surface area contributed by atoms with Crippen LogP contribution >= 0.6 is 0 Å². The molecule has 1 heterocycles. The average Bonchev–Trinajstić information content (AvgIpc) is 2.92. The van der Waals surface area contributed by atoms with Crippen molar-refractivity contribution in [2.24, 2.45) is 0 Å². The summed E-state index contributed by atoms with van der Waals surface area (Å²) in [5.74, 6) is -0.453. The van der Waals surface area contributed by atoms with Crippen LogP contribution in [0.3, 0.4) is 0 Å². The second kappa shape index (κ2) is 10.6. The van der Waals surface area contributed by atoms with Crippen molar-refractivity contribution in [3.63, 3.8) is 0 Å². The molecule has 0 fully saturated rings. The molecule has 2 N–H and O–H groups in total. The number of hydrogen-bond acceptors (Lipinski definition) is 3. The lowest BCUT2D eigenvalue weighted by molar-refractivity contribution is -0.137. The molecule has 0 aromatic heterocycles. The van der Waals surface area contributed by atoms with E-state index in [0.717, 1.165) is 47.6 Å². The van der Waals surface area contributed by atoms with Gasteiger partial charge in [-0.1, -0.05) is 42.5 Å². The van der Waals surface area contributed by atoms with Gasteiger partial charge >= 0.3 is 6.18 Å². The Morgan fingerprint density at radius 2 is 1.54 bits per heavy atom. The summed E-state index contributed by atoms with van der Waals surface area (Å²) < 4.78 is 38.9. The van der Waals surface area contributed by atoms with Crippen LogP contribution in [0.1, 0.15) is 34.0 Å². The number of benzene rings is 4. The van der Waals surface area contributed by atoms with Gasteiger partial charge in [-0.15, -0.1) is 0 Å². The van der Waals surface area contributed by atoms with Crippen molar-refractivity contribution in [1.29, 1.82) is 0 Å². The van der Waals surface area contributed by atoms with Gasteiger partial charge in [-0.25, -0.2) is 0 Å². The van der Waals surface area contributed by atoms with E-state index in [1.165, 1.54) is 19.1 Å². The Morgan fingerprint density at radius 3 is 2.28 bits per heavy atom. The normalized spacial score (nSPS) is 13.0. The fourth-order valence-electron chi connectivity index (χ4n) is 4.80. The summed E-state index contributed by atoms with van der Waals surface area (Å²) >= 11 is 0. The largest absolute Gasteiger partial charge is 0.416 e. The maximum absolute atomic E-state index is 13.2. The fraction of sp³-hybridized carbons (Fsp3) is 0.161. The lowest BCUT2D eigenvalue weighted by Crippen LogP contribution is -2.30. The Hall–Kier alpha value is -4.59. The second-order valence-corrected chi connectivity index (χ2v) is 9.46. The summed E-state index contributed by atoms with van der Waals surface area (Å²) in [6, 6.07) is 25.2. The Morgan fingerprint density at radius 1 is 0.795 bits per heavy atom. The van der Waals surface area contributed by atoms with Crippen molar-refractivity contribution in [1.82, 2.24) is 0 Å². The van der Waals surface area contributed by atoms with Gasteiger partial charge in [-0.05, 0) is 77.2 Å². The summed E-state index contributed by atoms with van der Waals surface area (Å²) in [6.45, 7) is 2.96. The lowest BCUT2D eigenvalue weighted by atomic mass is 9.97. The summed E-state index contributed by atoms with van der Waals surface area (Å²) in [5.41, 5.74) is 5.43. The van der Waals surface area contributed by atoms with Gasteiger partial charge in [-0.2, -0.15) is 13.2 Å². The minimum Gasteiger partial charge on any atom is -0.367 e. The van der Waals surface area contributed by atoms with Crippen LogP contribution in [0.5, 0.6) is 0 Å². The molecule has 198 valence electrons. The van der Waals surface area contributed by atoms with Gasteiger partial charge in [0, 0.05) is 42.6 Å². The van der Waals surface area contributed by atoms with E-state index in [0.29, 0.717) is 28.9 Å². The van der Waals surface area contributed by atoms with Crippen LogP contribution in [-0.4, -0.2) is 18.4 Å². The van der Waals surface area contributed by atoms with Crippen LogP contribution in [0.25, 0.3) is 11.1 Å². The molecular weight excluding hydrogens is 503 g/mol. The molecule has 0 aliphatic carbocycles. The first kappa shape index (κ1) is 26.0. The van der Waals surface area contributed by atoms with Crippen molar-refractivity contribution in [3.8, 4) is 11.1 Å². The lowest BCUT2D eigenvalue weighted by Gasteiger charge is -2.31. The fourth-order valence-corrected chi connectivity index (χ4v) is 4.80. The molecule has 0 saturated carbocycles. The number of rotatable bonds is 5. The SMILES string of the molecule is CC(=O)Nc1cccc(N2CCc3cc(NC(=O)c4ccccc4-c4ccc(C(F)(F)F)cc4)ccc3C2)c1. The highest BCUT2D eigenvalue weighted by molar-refractivity contribution is 6.08. The van der Waals surface area contributed by atoms with Crippen molar-refractivity contribution in [2.75, 3.05) is 22.1 Å². The number of nitrogens with zero attached hydrogens (tertiary/aromatic N) is 1. The van der Waals surface area contributed by atoms with E-state index in [-0.39, 0.29) is 11.8 Å². The first-order valence-corrected chi connectivity index (χ1v) is 12.5. The zero-order valence-corrected chi connectivity index (χ0v) is 21.2. The first-order valence-electron chi connectivity index (χ1n) is 12.5. The van der Waals surface area contributed by atoms with Gasteiger partial charge in [-0.3, -0.25) is 9.59 Å². The van der Waals surface area contributed by atoms with E-state index in [1.807, 2.05) is 42.5 Å². The number of hydrogen-bond donors (Lipinski definition) is 2. The van der Waals surface area contributed by atoms with Crippen molar-refractivity contribution < 1.29 is 22.8 Å². The Kier molecular flexibility index (Phi) is 7.11. The van der Waals surface area contributed by atoms with Crippen LogP contribution < -0.4 is 15.5 Å². The maximum Gasteiger partial charge on any atom is 0.416 e. The van der Waals surface area contributed by atoms with Gasteiger partial charge in [0.05, 0.1) is 5.56 Å². The van der Waals surface area contributed by atoms with Gasteiger partial charge < -0.3 is 15.5 Å². The quantitative estimate of drug-likeness (QED) is 0.289. The second-order valence-electron chi connectivity index (χ2n) is 9.46. The summed E-state index contributed by atoms with van der Waals surface area (Å²) in [5, 5.41) is 5.76. The third-order valence-electron chi connectivity index (χ3n) is 6.70. The molecule has 1 aliphatic rings. The van der Waals surface area contributed by atoms with Gasteiger partial charge in [0.25, 0.3) is 5.91 Å². The third-order valence-corrected chi connectivity index (χ3v) is 6.70. The predicted octanol–water partition coefficient (Wildman–Crippen LogP) is 7.15. The smallest absolute Gasteiger partial charge is 0.367 e. The Bertz CT molecular complexity index is 1530. The molecule has 39 heavy (non-hydrogen) atoms. The van der Waals surface area contributed by atoms with E-state index >= 15 is 0 Å². The number of anilines is 3. The number of fused-ring (bicyclic) bond motifs is 1. The molecule has 0 spiro atoms. The number of carbonyl (C=O) groups excluding carboxylic acids is 2. The molecule has 8 heteroatoms. The van der Waals surface area contributed by atoms with E-state index in [4.69, 9.17) is 0 Å². The molecule has 2 amide bonds. The maximum atomic E-state index is 13.2. The third kappa shape index (κ3) is 5.95. The minimum atomic E-state index is -4.42. The molecule has 0 unspecified atom stereocenters. The van der Waals surface area contributed by atoms with Crippen molar-refractivity contribution in [3.05, 3.63) is 113 Å². The van der Waals surface area contributed by atoms with E-state index in [1.54, 1.807) is 24.3 Å². The monoisotopic (exact) mass is 529 g/mol. The van der Waals surface area contributed by atoms with Gasteiger partial charge in [0.1, 0.15) is 0 Å². The highest BCUT2D eigenvalue weighted by Crippen LogP contribution is 2.33. The summed E-state index contributed by atoms with van der Waals surface area (Å²) in [4.78, 5) is 26.9.